The molecule has 2 bridgehead atoms. The largest absolute Gasteiger partial charge is 0.371 e. The van der Waals surface area contributed by atoms with Crippen LogP contribution < -0.4 is 0 Å². The molecule has 0 aromatic rings. The van der Waals surface area contributed by atoms with E-state index < -0.39 is 0 Å². The van der Waals surface area contributed by atoms with Gasteiger partial charge in [0, 0.05) is 23.5 Å². The molecule has 3 rings (SSSR count). The van der Waals surface area contributed by atoms with Gasteiger partial charge in [0.15, 0.2) is 0 Å². The Labute approximate surface area is 113 Å². The van der Waals surface area contributed by atoms with Crippen LogP contribution in [0.1, 0.15) is 52.4 Å². The minimum atomic E-state index is 0.122. The minimum absolute atomic E-state index is 0.122. The molecule has 0 aromatic heterocycles. The Bertz CT molecular complexity index is 280. The van der Waals surface area contributed by atoms with Gasteiger partial charge in [0.2, 0.25) is 0 Å². The third-order valence-electron chi connectivity index (χ3n) is 4.80. The molecule has 3 heterocycles. The van der Waals surface area contributed by atoms with Gasteiger partial charge in [-0.2, -0.15) is 0 Å². The van der Waals surface area contributed by atoms with Crippen LogP contribution in [-0.4, -0.2) is 40.1 Å². The molecule has 3 fully saturated rings. The van der Waals surface area contributed by atoms with Gasteiger partial charge in [-0.25, -0.2) is 0 Å². The van der Waals surface area contributed by atoms with Crippen molar-refractivity contribution in [3.8, 4) is 0 Å². The van der Waals surface area contributed by atoms with Crippen molar-refractivity contribution in [3.05, 3.63) is 0 Å². The van der Waals surface area contributed by atoms with Crippen LogP contribution in [0, 0.1) is 0 Å². The Balaban J connectivity index is 1.60. The second-order valence-electron chi connectivity index (χ2n) is 6.69. The molecule has 98 valence electrons. The summed E-state index contributed by atoms with van der Waals surface area (Å²) in [6.07, 6.45) is 8.45. The molecule has 3 aliphatic rings. The van der Waals surface area contributed by atoms with Gasteiger partial charge >= 0.3 is 0 Å². The summed E-state index contributed by atoms with van der Waals surface area (Å²) in [6.45, 7) is 5.64. The summed E-state index contributed by atoms with van der Waals surface area (Å²) in [5.74, 6) is 0. The summed E-state index contributed by atoms with van der Waals surface area (Å²) < 4.78 is 6.15. The number of hydrogen-bond acceptors (Lipinski definition) is 2. The van der Waals surface area contributed by atoms with Crippen LogP contribution in [0.3, 0.4) is 0 Å². The van der Waals surface area contributed by atoms with Gasteiger partial charge in [-0.3, -0.25) is 4.90 Å². The molecule has 2 nitrogen and oxygen atoms in total. The second-order valence-corrected chi connectivity index (χ2v) is 7.98. The maximum atomic E-state index is 6.15. The first-order valence-corrected chi connectivity index (χ1v) is 8.03. The van der Waals surface area contributed by atoms with Crippen LogP contribution in [0.15, 0.2) is 0 Å². The molecule has 0 saturated carbocycles. The van der Waals surface area contributed by atoms with E-state index in [0.29, 0.717) is 6.10 Å². The first-order valence-electron chi connectivity index (χ1n) is 7.11. The molecule has 0 amide bonds. The van der Waals surface area contributed by atoms with Crippen molar-refractivity contribution in [2.45, 2.75) is 81.0 Å². The molecule has 0 N–H and O–H groups in total. The molecule has 0 aromatic carbocycles. The summed E-state index contributed by atoms with van der Waals surface area (Å²) in [7, 11) is 0. The Morgan fingerprint density at radius 1 is 1.18 bits per heavy atom. The van der Waals surface area contributed by atoms with E-state index in [1.165, 1.54) is 45.1 Å². The average molecular weight is 302 g/mol. The van der Waals surface area contributed by atoms with Crippen molar-refractivity contribution in [3.63, 3.8) is 0 Å². The maximum absolute atomic E-state index is 6.15. The summed E-state index contributed by atoms with van der Waals surface area (Å²) in [5.41, 5.74) is 0.122. The van der Waals surface area contributed by atoms with E-state index in [1.807, 2.05) is 0 Å². The molecule has 3 atom stereocenters. The molecular formula is C14H24BrNO. The fraction of sp³-hybridized carbons (Fsp3) is 1.00. The number of halogens is 1. The summed E-state index contributed by atoms with van der Waals surface area (Å²) in [6, 6.07) is 1.65. The van der Waals surface area contributed by atoms with Crippen LogP contribution in [0.5, 0.6) is 0 Å². The lowest BCUT2D eigenvalue weighted by atomic mass is 10.0. The predicted octanol–water partition coefficient (Wildman–Crippen LogP) is 3.33. The molecule has 3 saturated heterocycles. The lowest BCUT2D eigenvalue weighted by Crippen LogP contribution is -2.46. The van der Waals surface area contributed by atoms with Crippen LogP contribution >= 0.6 is 15.9 Å². The van der Waals surface area contributed by atoms with E-state index in [1.54, 1.807) is 0 Å². The van der Waals surface area contributed by atoms with E-state index in [4.69, 9.17) is 4.74 Å². The van der Waals surface area contributed by atoms with Crippen molar-refractivity contribution in [1.29, 1.82) is 0 Å². The van der Waals surface area contributed by atoms with Gasteiger partial charge in [0.05, 0.1) is 11.7 Å². The SMILES string of the molecule is CC1(C)CCC(CN2C3CCC2CC(Br)C3)O1. The first-order chi connectivity index (χ1) is 8.03. The van der Waals surface area contributed by atoms with Crippen molar-refractivity contribution >= 4 is 15.9 Å². The molecule has 3 heteroatoms. The molecule has 17 heavy (non-hydrogen) atoms. The van der Waals surface area contributed by atoms with Crippen LogP contribution in [0.25, 0.3) is 0 Å². The standard InChI is InChI=1S/C14H24BrNO/c1-14(2)6-5-13(17-14)9-16-11-3-4-12(16)8-10(15)7-11/h10-13H,3-9H2,1-2H3. The topological polar surface area (TPSA) is 12.5 Å². The quantitative estimate of drug-likeness (QED) is 0.726. The van der Waals surface area contributed by atoms with Gasteiger partial charge in [0.1, 0.15) is 0 Å². The average Bonchev–Trinajstić information content (AvgIpc) is 2.68. The highest BCUT2D eigenvalue weighted by molar-refractivity contribution is 9.09. The number of piperidine rings is 1. The second kappa shape index (κ2) is 4.50. The molecule has 0 radical (unpaired) electrons. The number of hydrogen-bond donors (Lipinski definition) is 0. The van der Waals surface area contributed by atoms with E-state index in [-0.39, 0.29) is 5.60 Å². The van der Waals surface area contributed by atoms with E-state index >= 15 is 0 Å². The van der Waals surface area contributed by atoms with Crippen LogP contribution in [-0.2, 0) is 4.74 Å². The lowest BCUT2D eigenvalue weighted by molar-refractivity contribution is -0.0383. The monoisotopic (exact) mass is 301 g/mol. The van der Waals surface area contributed by atoms with Crippen molar-refractivity contribution in [1.82, 2.24) is 4.90 Å². The number of fused-ring (bicyclic) bond motifs is 2. The zero-order valence-electron chi connectivity index (χ0n) is 11.0. The van der Waals surface area contributed by atoms with Crippen molar-refractivity contribution < 1.29 is 4.74 Å². The highest BCUT2D eigenvalue weighted by Gasteiger charge is 2.42. The highest BCUT2D eigenvalue weighted by atomic mass is 79.9. The van der Waals surface area contributed by atoms with Gasteiger partial charge in [-0.15, -0.1) is 0 Å². The Morgan fingerprint density at radius 2 is 1.82 bits per heavy atom. The zero-order valence-corrected chi connectivity index (χ0v) is 12.6. The normalized spacial score (nSPS) is 45.4. The first kappa shape index (κ1) is 12.4. The van der Waals surface area contributed by atoms with E-state index in [9.17, 15) is 0 Å². The van der Waals surface area contributed by atoms with E-state index in [2.05, 4.69) is 34.7 Å². The van der Waals surface area contributed by atoms with Crippen molar-refractivity contribution in [2.75, 3.05) is 6.54 Å². The van der Waals surface area contributed by atoms with Gasteiger partial charge in [-0.05, 0) is 52.4 Å². The smallest absolute Gasteiger partial charge is 0.0710 e. The molecule has 3 unspecified atom stereocenters. The lowest BCUT2D eigenvalue weighted by Gasteiger charge is -2.38. The third kappa shape index (κ3) is 2.57. The molecule has 0 aliphatic carbocycles. The number of nitrogens with zero attached hydrogens (tertiary/aromatic N) is 1. The van der Waals surface area contributed by atoms with Crippen LogP contribution in [0.2, 0.25) is 0 Å². The predicted molar refractivity (Wildman–Crippen MR) is 73.7 cm³/mol. The Morgan fingerprint density at radius 3 is 2.35 bits per heavy atom. The van der Waals surface area contributed by atoms with Crippen LogP contribution in [0.4, 0.5) is 0 Å². The van der Waals surface area contributed by atoms with Gasteiger partial charge < -0.3 is 4.74 Å². The number of ether oxygens (including phenoxy) is 1. The minimum Gasteiger partial charge on any atom is -0.371 e. The zero-order chi connectivity index (χ0) is 12.0. The summed E-state index contributed by atoms with van der Waals surface area (Å²) in [4.78, 5) is 3.52. The van der Waals surface area contributed by atoms with Gasteiger partial charge in [-0.1, -0.05) is 15.9 Å². The Kier molecular flexibility index (Phi) is 3.29. The molecule has 0 spiro atoms. The van der Waals surface area contributed by atoms with E-state index in [0.717, 1.165) is 16.9 Å². The third-order valence-corrected chi connectivity index (χ3v) is 5.54. The fourth-order valence-electron chi connectivity index (χ4n) is 3.95. The number of rotatable bonds is 2. The van der Waals surface area contributed by atoms with Gasteiger partial charge in [0.25, 0.3) is 0 Å². The Hall–Kier alpha value is 0.400. The molecule has 3 aliphatic heterocycles. The number of alkyl halides is 1. The summed E-state index contributed by atoms with van der Waals surface area (Å²) >= 11 is 3.81. The summed E-state index contributed by atoms with van der Waals surface area (Å²) in [5, 5.41) is 0. The maximum Gasteiger partial charge on any atom is 0.0710 e. The fourth-order valence-corrected chi connectivity index (χ4v) is 4.81. The molecular weight excluding hydrogens is 278 g/mol. The van der Waals surface area contributed by atoms with Crippen molar-refractivity contribution in [2.24, 2.45) is 0 Å². The highest BCUT2D eigenvalue weighted by Crippen LogP contribution is 2.40.